The molecule has 2 atom stereocenters. The van der Waals surface area contributed by atoms with Gasteiger partial charge in [-0.05, 0) is 230 Å². The number of benzene rings is 11. The van der Waals surface area contributed by atoms with Crippen LogP contribution in [0.5, 0.6) is 0 Å². The zero-order valence-electron chi connectivity index (χ0n) is 66.4. The third-order valence-corrected chi connectivity index (χ3v) is 20.1. The number of nitrogens with one attached hydrogen (secondary N) is 8. The number of pyridine rings is 1. The van der Waals surface area contributed by atoms with Gasteiger partial charge < -0.3 is 63.1 Å². The molecule has 0 fully saturated rings. The molecule has 11 aromatic carbocycles. The Bertz CT molecular complexity index is 6970. The van der Waals surface area contributed by atoms with Crippen LogP contribution in [0.25, 0.3) is 78.4 Å². The predicted molar refractivity (Wildman–Crippen MR) is 488 cm³/mol. The third-order valence-electron chi connectivity index (χ3n) is 18.1. The highest BCUT2D eigenvalue weighted by atomic mass is 32.2. The molecule has 18 aromatic rings. The fourth-order valence-electron chi connectivity index (χ4n) is 12.3. The molecule has 0 saturated carbocycles. The lowest BCUT2D eigenvalue weighted by Crippen LogP contribution is -2.14. The molecule has 122 heavy (non-hydrogen) atoms. The number of fused-ring (bicyclic) bond motifs is 2. The minimum atomic E-state index is -2.55. The van der Waals surface area contributed by atoms with Crippen molar-refractivity contribution in [1.29, 1.82) is 15.8 Å². The van der Waals surface area contributed by atoms with Crippen LogP contribution < -0.4 is 36.0 Å². The Morgan fingerprint density at radius 1 is 0.352 bits per heavy atom. The molecule has 18 rings (SSSR count). The molecule has 0 bridgehead atoms. The summed E-state index contributed by atoms with van der Waals surface area (Å²) < 4.78 is 59.3. The topological polar surface area (TPSA) is 349 Å². The summed E-state index contributed by atoms with van der Waals surface area (Å²) in [5.41, 5.74) is 17.5. The Morgan fingerprint density at radius 2 is 0.721 bits per heavy atom. The molecule has 7 aromatic heterocycles. The van der Waals surface area contributed by atoms with Crippen molar-refractivity contribution in [2.45, 2.75) is 26.5 Å². The summed E-state index contributed by atoms with van der Waals surface area (Å²) in [5.74, 6) is 11.1. The third kappa shape index (κ3) is 23.2. The Morgan fingerprint density at radius 3 is 1.14 bits per heavy atom. The van der Waals surface area contributed by atoms with E-state index in [0.717, 1.165) is 89.4 Å². The second kappa shape index (κ2) is 38.5. The van der Waals surface area contributed by atoms with E-state index in [1.54, 1.807) is 97.8 Å². The number of para-hydroxylation sites is 1. The Kier molecular flexibility index (Phi) is 25.9. The van der Waals surface area contributed by atoms with Crippen LogP contribution in [-0.4, -0.2) is 61.3 Å². The number of aromatic nitrogens is 7. The van der Waals surface area contributed by atoms with Gasteiger partial charge in [-0.1, -0.05) is 109 Å². The van der Waals surface area contributed by atoms with Gasteiger partial charge in [-0.25, -0.2) is 33.3 Å². The molecule has 0 aliphatic rings. The van der Waals surface area contributed by atoms with Gasteiger partial charge in [0.05, 0.1) is 77.3 Å². The first kappa shape index (κ1) is 82.1. The van der Waals surface area contributed by atoms with Crippen molar-refractivity contribution >= 4 is 123 Å². The van der Waals surface area contributed by atoms with Gasteiger partial charge in [-0.3, -0.25) is 4.98 Å². The van der Waals surface area contributed by atoms with Crippen molar-refractivity contribution in [3.63, 3.8) is 0 Å². The average molecular weight is 1650 g/mol. The van der Waals surface area contributed by atoms with E-state index in [9.17, 15) is 8.42 Å². The Balaban J connectivity index is 0.000000125. The zero-order chi connectivity index (χ0) is 84.8. The average Bonchev–Trinajstić information content (AvgIpc) is 1.70. The molecule has 2 unspecified atom stereocenters. The maximum atomic E-state index is 12.9. The summed E-state index contributed by atoms with van der Waals surface area (Å²) in [7, 11) is -4.90. The van der Waals surface area contributed by atoms with Crippen molar-refractivity contribution in [3.8, 4) is 75.0 Å². The Labute approximate surface area is 704 Å². The SMILES string of the molecule is C=S(=O)(Cc1ccccc1)Nc1cccc(Nc2ncc(-c3ccc(C#N)cc3)o2)c1.C=S(C)(=O)Nc1cccc(Nc2ncc(-c3ccc(C#N)cc3)o2)c1.Cc1cccc(Nc2ncc(-c3cc4ccccc4[nH]3)o2)c1.Cc1cccc(Nc2ncc(-c3ccc(C#N)cc3)o2)c1.Cc1cccc(Nc2ncc(-c3ccc4cnccc4c3)o2)c1. The number of oxazole rings is 5. The molecule has 0 aliphatic carbocycles. The maximum Gasteiger partial charge on any atom is 0.299 e. The summed E-state index contributed by atoms with van der Waals surface area (Å²) >= 11 is 0. The van der Waals surface area contributed by atoms with Gasteiger partial charge >= 0.3 is 0 Å². The van der Waals surface area contributed by atoms with Gasteiger partial charge in [-0.15, -0.1) is 0 Å². The molecular weight excluding hydrogens is 1570 g/mol. The fourth-order valence-corrected chi connectivity index (χ4v) is 14.3. The van der Waals surface area contributed by atoms with Crippen LogP contribution >= 0.6 is 0 Å². The molecule has 24 nitrogen and oxygen atoms in total. The van der Waals surface area contributed by atoms with Crippen LogP contribution in [0.4, 0.5) is 69.9 Å². The first-order chi connectivity index (χ1) is 59.2. The number of H-pyrrole nitrogens is 1. The summed E-state index contributed by atoms with van der Waals surface area (Å²) in [4.78, 5) is 28.7. The van der Waals surface area contributed by atoms with Crippen molar-refractivity contribution in [1.82, 2.24) is 34.9 Å². The standard InChI is InChI=1S/C24H20N4O2S.C19H15N3O.C18H16N4O2S.C18H15N3O.C17H13N3O/c1-31(29,17-19-6-3-2-4-7-19)28-22-9-5-8-21(14-22)27-24-26-16-23(30-24)20-12-10-18(15-25)11-13-20;1-13-3-2-4-17(9-13)22-19-21-12-18(23-19)15-5-6-16-11-20-8-7-14(16)10-15;1-25(2,23)22-16-5-3-4-15(10-16)21-18-20-12-17(24-18)14-8-6-13(11-19)7-9-14;1-12-5-4-7-14(9-12)20-18-19-11-17(22-18)16-10-13-6-2-3-8-15(13)21-16;1-12-3-2-4-15(9-12)20-17-19-11-16(21-17)14-7-5-13(10-18)6-8-14/h2-14,16H,1,17H2,(H,26,27)(H,28,29);2-12H,1H3,(H,21,22);3-10,12H,1H2,2H3,(H,20,21)(H,22,23);2-11,21H,1H3,(H,19,20);2-9,11H,1H3,(H,19,20). The number of aryl methyl sites for hydroxylation is 3. The highest BCUT2D eigenvalue weighted by Crippen LogP contribution is 2.33. The zero-order valence-corrected chi connectivity index (χ0v) is 68.1. The number of rotatable bonds is 21. The molecule has 0 spiro atoms. The van der Waals surface area contributed by atoms with Crippen LogP contribution in [0.1, 0.15) is 38.9 Å². The normalized spacial score (nSPS) is 11.5. The lowest BCUT2D eigenvalue weighted by Gasteiger charge is -2.13. The minimum Gasteiger partial charge on any atom is -0.423 e. The highest BCUT2D eigenvalue weighted by Gasteiger charge is 2.16. The monoisotopic (exact) mass is 1650 g/mol. The van der Waals surface area contributed by atoms with Gasteiger partial charge in [-0.2, -0.15) is 15.8 Å². The maximum absolute atomic E-state index is 12.9. The van der Waals surface area contributed by atoms with Crippen LogP contribution in [0.3, 0.4) is 0 Å². The summed E-state index contributed by atoms with van der Waals surface area (Å²) in [6, 6.07) is 96.4. The van der Waals surface area contributed by atoms with E-state index in [1.807, 2.05) is 201 Å². The number of nitrogens with zero attached hydrogens (tertiary/aromatic N) is 9. The molecule has 0 radical (unpaired) electrons. The van der Waals surface area contributed by atoms with E-state index < -0.39 is 19.4 Å². The number of hydrogen-bond donors (Lipinski definition) is 8. The van der Waals surface area contributed by atoms with E-state index in [1.165, 1.54) is 22.9 Å². The molecule has 7 heterocycles. The van der Waals surface area contributed by atoms with Gasteiger partial charge in [0.15, 0.2) is 28.8 Å². The van der Waals surface area contributed by atoms with Crippen molar-refractivity contribution < 1.29 is 30.5 Å². The van der Waals surface area contributed by atoms with E-state index in [0.29, 0.717) is 86.9 Å². The number of hydrogen-bond acceptors (Lipinski definition) is 21. The number of nitriles is 3. The van der Waals surface area contributed by atoms with Gasteiger partial charge in [0.1, 0.15) is 0 Å². The van der Waals surface area contributed by atoms with E-state index >= 15 is 0 Å². The van der Waals surface area contributed by atoms with Crippen LogP contribution in [-0.2, 0) is 25.2 Å². The lowest BCUT2D eigenvalue weighted by molar-refractivity contribution is 0.590. The highest BCUT2D eigenvalue weighted by molar-refractivity contribution is 8.01. The molecule has 0 aliphatic heterocycles. The van der Waals surface area contributed by atoms with E-state index in [-0.39, 0.29) is 0 Å². The number of anilines is 12. The fraction of sp³-hybridized carbons (Fsp3) is 0.0521. The summed E-state index contributed by atoms with van der Waals surface area (Å²) in [6.45, 7) is 6.13. The van der Waals surface area contributed by atoms with Crippen LogP contribution in [0.15, 0.2) is 345 Å². The summed E-state index contributed by atoms with van der Waals surface area (Å²) in [5, 5.41) is 45.6. The smallest absolute Gasteiger partial charge is 0.299 e. The van der Waals surface area contributed by atoms with Crippen molar-refractivity contribution in [2.75, 3.05) is 42.3 Å². The van der Waals surface area contributed by atoms with Crippen LogP contribution in [0, 0.1) is 54.8 Å². The predicted octanol–water partition coefficient (Wildman–Crippen LogP) is 22.9. The second-order valence-corrected chi connectivity index (χ2v) is 32.3. The van der Waals surface area contributed by atoms with E-state index in [4.69, 9.17) is 37.9 Å². The van der Waals surface area contributed by atoms with Crippen LogP contribution in [0.2, 0.25) is 0 Å². The van der Waals surface area contributed by atoms with Gasteiger partial charge in [0.25, 0.3) is 30.1 Å². The summed E-state index contributed by atoms with van der Waals surface area (Å²) in [6.07, 6.45) is 13.5. The largest absolute Gasteiger partial charge is 0.423 e. The lowest BCUT2D eigenvalue weighted by atomic mass is 10.1. The molecule has 602 valence electrons. The quantitative estimate of drug-likeness (QED) is 0.0310. The first-order valence-corrected chi connectivity index (χ1v) is 42.0. The molecule has 0 amide bonds. The van der Waals surface area contributed by atoms with Crippen molar-refractivity contribution in [3.05, 3.63) is 361 Å². The minimum absolute atomic E-state index is 0.330. The molecule has 26 heteroatoms. The van der Waals surface area contributed by atoms with E-state index in [2.05, 4.69) is 145 Å². The first-order valence-electron chi connectivity index (χ1n) is 38.0. The molecule has 8 N–H and O–H groups in total. The number of aromatic amines is 1. The Hall–Kier alpha value is -16.5. The molecular formula is C96H79N17O7S2. The van der Waals surface area contributed by atoms with Gasteiger partial charge in [0.2, 0.25) is 0 Å². The van der Waals surface area contributed by atoms with Gasteiger partial charge in [0, 0.05) is 116 Å². The second-order valence-electron chi connectivity index (χ2n) is 28.0. The van der Waals surface area contributed by atoms with Crippen molar-refractivity contribution in [2.24, 2.45) is 0 Å². The molecule has 0 saturated heterocycles.